The Morgan fingerprint density at radius 1 is 1.29 bits per heavy atom. The molecule has 0 spiro atoms. The molecule has 3 heteroatoms. The van der Waals surface area contributed by atoms with Crippen LogP contribution in [0.15, 0.2) is 0 Å². The largest absolute Gasteiger partial charge is 0.393 e. The summed E-state index contributed by atoms with van der Waals surface area (Å²) in [5.41, 5.74) is 0.372. The van der Waals surface area contributed by atoms with Crippen molar-refractivity contribution in [1.82, 2.24) is 10.2 Å². The Labute approximate surface area is 107 Å². The fourth-order valence-corrected chi connectivity index (χ4v) is 2.48. The Hall–Kier alpha value is -0.120. The van der Waals surface area contributed by atoms with Gasteiger partial charge in [0.2, 0.25) is 0 Å². The number of aliphatic hydroxyl groups is 1. The monoisotopic (exact) mass is 242 g/mol. The number of piperidine rings is 1. The van der Waals surface area contributed by atoms with Gasteiger partial charge in [0, 0.05) is 26.2 Å². The minimum absolute atomic E-state index is 0.0580. The van der Waals surface area contributed by atoms with Crippen LogP contribution < -0.4 is 5.32 Å². The van der Waals surface area contributed by atoms with E-state index in [1.165, 1.54) is 12.8 Å². The second kappa shape index (κ2) is 7.34. The first kappa shape index (κ1) is 14.9. The quantitative estimate of drug-likeness (QED) is 0.669. The molecule has 1 aliphatic heterocycles. The minimum Gasteiger partial charge on any atom is -0.393 e. The van der Waals surface area contributed by atoms with Crippen molar-refractivity contribution in [3.63, 3.8) is 0 Å². The summed E-state index contributed by atoms with van der Waals surface area (Å²) in [5.74, 6) is 0. The van der Waals surface area contributed by atoms with Crippen LogP contribution in [0.4, 0.5) is 0 Å². The Morgan fingerprint density at radius 2 is 1.94 bits per heavy atom. The van der Waals surface area contributed by atoms with Crippen molar-refractivity contribution >= 4 is 0 Å². The van der Waals surface area contributed by atoms with Gasteiger partial charge in [-0.3, -0.25) is 0 Å². The number of likely N-dealkylation sites (tertiary alicyclic amines) is 1. The molecule has 0 bridgehead atoms. The molecule has 0 saturated carbocycles. The van der Waals surface area contributed by atoms with Crippen molar-refractivity contribution in [2.24, 2.45) is 5.41 Å². The van der Waals surface area contributed by atoms with E-state index < -0.39 is 0 Å². The number of hydrogen-bond donors (Lipinski definition) is 2. The molecule has 2 N–H and O–H groups in total. The van der Waals surface area contributed by atoms with Crippen LogP contribution in [0.3, 0.4) is 0 Å². The lowest BCUT2D eigenvalue weighted by molar-refractivity contribution is 0.0586. The van der Waals surface area contributed by atoms with Crippen LogP contribution in [-0.4, -0.2) is 48.8 Å². The van der Waals surface area contributed by atoms with Gasteiger partial charge in [-0.2, -0.15) is 0 Å². The van der Waals surface area contributed by atoms with Crippen molar-refractivity contribution in [3.8, 4) is 0 Å². The van der Waals surface area contributed by atoms with E-state index >= 15 is 0 Å². The molecule has 1 atom stereocenters. The molecule has 1 unspecified atom stereocenters. The molecule has 0 aromatic carbocycles. The van der Waals surface area contributed by atoms with Crippen LogP contribution in [0.25, 0.3) is 0 Å². The van der Waals surface area contributed by atoms with Crippen molar-refractivity contribution in [3.05, 3.63) is 0 Å². The van der Waals surface area contributed by atoms with Crippen LogP contribution in [0.2, 0.25) is 0 Å². The molecule has 0 radical (unpaired) electrons. The zero-order valence-electron chi connectivity index (χ0n) is 11.8. The minimum atomic E-state index is -0.0580. The number of rotatable bonds is 7. The summed E-state index contributed by atoms with van der Waals surface area (Å²) in [7, 11) is 0. The van der Waals surface area contributed by atoms with Gasteiger partial charge in [-0.25, -0.2) is 0 Å². The fraction of sp³-hybridized carbons (Fsp3) is 1.00. The summed E-state index contributed by atoms with van der Waals surface area (Å²) in [4.78, 5) is 2.52. The normalized spacial score (nSPS) is 22.6. The lowest BCUT2D eigenvalue weighted by atomic mass is 9.86. The maximum Gasteiger partial charge on any atom is 0.0564 e. The van der Waals surface area contributed by atoms with E-state index in [4.69, 9.17) is 0 Å². The zero-order chi connectivity index (χ0) is 12.7. The third-order valence-electron chi connectivity index (χ3n) is 3.99. The first-order valence-electron chi connectivity index (χ1n) is 7.21. The maximum absolute atomic E-state index is 9.52. The first-order valence-corrected chi connectivity index (χ1v) is 7.21. The van der Waals surface area contributed by atoms with Crippen LogP contribution in [-0.2, 0) is 0 Å². The standard InChI is InChI=1S/C14H30N2O/c1-4-8-15-11-14(3,5-2)12-16-9-6-13(17)7-10-16/h13,15,17H,4-12H2,1-3H3. The van der Waals surface area contributed by atoms with Gasteiger partial charge in [0.05, 0.1) is 6.10 Å². The topological polar surface area (TPSA) is 35.5 Å². The van der Waals surface area contributed by atoms with Crippen molar-refractivity contribution in [1.29, 1.82) is 0 Å². The van der Waals surface area contributed by atoms with Gasteiger partial charge in [-0.15, -0.1) is 0 Å². The van der Waals surface area contributed by atoms with E-state index in [1.54, 1.807) is 0 Å². The van der Waals surface area contributed by atoms with Crippen LogP contribution >= 0.6 is 0 Å². The van der Waals surface area contributed by atoms with Crippen molar-refractivity contribution in [2.45, 2.75) is 52.6 Å². The highest BCUT2D eigenvalue weighted by molar-refractivity contribution is 4.82. The maximum atomic E-state index is 9.52. The molecule has 0 aromatic heterocycles. The molecule has 0 aromatic rings. The Kier molecular flexibility index (Phi) is 6.45. The molecule has 3 nitrogen and oxygen atoms in total. The lowest BCUT2D eigenvalue weighted by Crippen LogP contribution is -2.45. The SMILES string of the molecule is CCCNCC(C)(CC)CN1CCC(O)CC1. The Morgan fingerprint density at radius 3 is 2.47 bits per heavy atom. The second-order valence-electron chi connectivity index (χ2n) is 5.85. The average molecular weight is 242 g/mol. The predicted octanol–water partition coefficient (Wildman–Crippen LogP) is 1.86. The highest BCUT2D eigenvalue weighted by Gasteiger charge is 2.27. The Balaban J connectivity index is 2.33. The van der Waals surface area contributed by atoms with Crippen LogP contribution in [0.5, 0.6) is 0 Å². The molecule has 0 aliphatic carbocycles. The van der Waals surface area contributed by atoms with E-state index in [2.05, 4.69) is 31.0 Å². The molecule has 1 aliphatic rings. The molecular weight excluding hydrogens is 212 g/mol. The van der Waals surface area contributed by atoms with Gasteiger partial charge < -0.3 is 15.3 Å². The third-order valence-corrected chi connectivity index (χ3v) is 3.99. The zero-order valence-corrected chi connectivity index (χ0v) is 11.8. The number of nitrogens with one attached hydrogen (secondary N) is 1. The Bertz CT molecular complexity index is 202. The molecule has 17 heavy (non-hydrogen) atoms. The molecule has 1 saturated heterocycles. The number of hydrogen-bond acceptors (Lipinski definition) is 3. The van der Waals surface area contributed by atoms with Gasteiger partial charge in [0.1, 0.15) is 0 Å². The summed E-state index contributed by atoms with van der Waals surface area (Å²) in [6, 6.07) is 0. The van der Waals surface area contributed by atoms with E-state index in [1.807, 2.05) is 0 Å². The van der Waals surface area contributed by atoms with Crippen LogP contribution in [0, 0.1) is 5.41 Å². The summed E-state index contributed by atoms with van der Waals surface area (Å²) in [6.07, 6.45) is 4.25. The third kappa shape index (κ3) is 5.36. The van der Waals surface area contributed by atoms with Gasteiger partial charge in [-0.05, 0) is 37.6 Å². The summed E-state index contributed by atoms with van der Waals surface area (Å²) < 4.78 is 0. The smallest absolute Gasteiger partial charge is 0.0564 e. The van der Waals surface area contributed by atoms with E-state index in [0.29, 0.717) is 5.41 Å². The van der Waals surface area contributed by atoms with E-state index in [0.717, 1.165) is 45.6 Å². The lowest BCUT2D eigenvalue weighted by Gasteiger charge is -2.38. The average Bonchev–Trinajstić information content (AvgIpc) is 2.33. The number of aliphatic hydroxyl groups excluding tert-OH is 1. The molecular formula is C14H30N2O. The first-order chi connectivity index (χ1) is 8.09. The molecule has 1 fully saturated rings. The van der Waals surface area contributed by atoms with Gasteiger partial charge in [0.15, 0.2) is 0 Å². The van der Waals surface area contributed by atoms with E-state index in [-0.39, 0.29) is 6.10 Å². The van der Waals surface area contributed by atoms with Gasteiger partial charge in [0.25, 0.3) is 0 Å². The van der Waals surface area contributed by atoms with E-state index in [9.17, 15) is 5.11 Å². The van der Waals surface area contributed by atoms with Gasteiger partial charge in [-0.1, -0.05) is 20.8 Å². The van der Waals surface area contributed by atoms with Crippen molar-refractivity contribution < 1.29 is 5.11 Å². The summed E-state index contributed by atoms with van der Waals surface area (Å²) in [5, 5.41) is 13.1. The molecule has 0 amide bonds. The highest BCUT2D eigenvalue weighted by atomic mass is 16.3. The molecule has 1 heterocycles. The fourth-order valence-electron chi connectivity index (χ4n) is 2.48. The summed E-state index contributed by atoms with van der Waals surface area (Å²) >= 11 is 0. The van der Waals surface area contributed by atoms with Crippen LogP contribution in [0.1, 0.15) is 46.5 Å². The second-order valence-corrected chi connectivity index (χ2v) is 5.85. The molecule has 102 valence electrons. The molecule has 1 rings (SSSR count). The predicted molar refractivity (Wildman–Crippen MR) is 73.2 cm³/mol. The number of nitrogens with zero attached hydrogens (tertiary/aromatic N) is 1. The highest BCUT2D eigenvalue weighted by Crippen LogP contribution is 2.23. The van der Waals surface area contributed by atoms with Gasteiger partial charge >= 0.3 is 0 Å². The summed E-state index contributed by atoms with van der Waals surface area (Å²) in [6.45, 7) is 12.4. The van der Waals surface area contributed by atoms with Crippen molar-refractivity contribution in [2.75, 3.05) is 32.7 Å².